The number of carbonyl (C=O) groups excluding carboxylic acids is 1. The van der Waals surface area contributed by atoms with Gasteiger partial charge in [0.25, 0.3) is 5.91 Å². The summed E-state index contributed by atoms with van der Waals surface area (Å²) in [5.41, 5.74) is 3.33. The van der Waals surface area contributed by atoms with Gasteiger partial charge in [0.2, 0.25) is 0 Å². The van der Waals surface area contributed by atoms with Crippen molar-refractivity contribution < 1.29 is 19.4 Å². The van der Waals surface area contributed by atoms with Gasteiger partial charge in [0, 0.05) is 0 Å². The number of rotatable bonds is 3. The molecule has 6 heteroatoms. The molecule has 20 heavy (non-hydrogen) atoms. The van der Waals surface area contributed by atoms with Gasteiger partial charge in [0.1, 0.15) is 11.5 Å². The van der Waals surface area contributed by atoms with Crippen LogP contribution >= 0.6 is 0 Å². The molecule has 2 aromatic rings. The first-order chi connectivity index (χ1) is 9.47. The number of benzene rings is 1. The molecule has 6 nitrogen and oxygen atoms in total. The van der Waals surface area contributed by atoms with Gasteiger partial charge in [-0.3, -0.25) is 4.79 Å². The number of phenols is 2. The van der Waals surface area contributed by atoms with Crippen molar-refractivity contribution in [1.29, 1.82) is 0 Å². The normalized spacial score (nSPS) is 10.9. The number of furan rings is 1. The van der Waals surface area contributed by atoms with Gasteiger partial charge in [-0.05, 0) is 43.7 Å². The molecule has 1 aromatic carbocycles. The molecule has 0 radical (unpaired) electrons. The van der Waals surface area contributed by atoms with E-state index in [1.165, 1.54) is 18.3 Å². The van der Waals surface area contributed by atoms with Gasteiger partial charge in [-0.25, -0.2) is 5.43 Å². The Kier molecular flexibility index (Phi) is 3.74. The zero-order valence-electron chi connectivity index (χ0n) is 11.0. The van der Waals surface area contributed by atoms with Crippen LogP contribution in [0.15, 0.2) is 33.8 Å². The van der Waals surface area contributed by atoms with Crippen LogP contribution in [-0.4, -0.2) is 22.3 Å². The molecule has 3 N–H and O–H groups in total. The fraction of sp³-hybridized carbons (Fsp3) is 0.143. The molecule has 1 heterocycles. The van der Waals surface area contributed by atoms with Crippen molar-refractivity contribution >= 4 is 12.1 Å². The number of hydrogen-bond donors (Lipinski definition) is 3. The molecule has 1 aromatic heterocycles. The summed E-state index contributed by atoms with van der Waals surface area (Å²) in [6.07, 6.45) is 1.36. The van der Waals surface area contributed by atoms with E-state index in [1.54, 1.807) is 26.0 Å². The molecule has 0 unspecified atom stereocenters. The largest absolute Gasteiger partial charge is 0.504 e. The van der Waals surface area contributed by atoms with E-state index in [-0.39, 0.29) is 17.4 Å². The molecule has 0 aliphatic heterocycles. The lowest BCUT2D eigenvalue weighted by molar-refractivity contribution is 0.0953. The Bertz CT molecular complexity index is 674. The average molecular weight is 274 g/mol. The number of carbonyl (C=O) groups is 1. The third kappa shape index (κ3) is 2.97. The van der Waals surface area contributed by atoms with Crippen molar-refractivity contribution in [2.45, 2.75) is 13.8 Å². The molecule has 2 rings (SSSR count). The predicted octanol–water partition coefficient (Wildman–Crippen LogP) is 2.07. The average Bonchev–Trinajstić information content (AvgIpc) is 2.73. The summed E-state index contributed by atoms with van der Waals surface area (Å²) in [5.74, 6) is 0.341. The van der Waals surface area contributed by atoms with Crippen LogP contribution in [0.5, 0.6) is 11.5 Å². The number of aryl methyl sites for hydroxylation is 2. The fourth-order valence-electron chi connectivity index (χ4n) is 1.70. The SMILES string of the molecule is Cc1cc(C(=O)N/N=C/c2ccc(O)c(O)c2)c(C)o1. The Balaban J connectivity index is 2.04. The van der Waals surface area contributed by atoms with Crippen molar-refractivity contribution in [3.63, 3.8) is 0 Å². The lowest BCUT2D eigenvalue weighted by Gasteiger charge is -1.99. The highest BCUT2D eigenvalue weighted by Gasteiger charge is 2.12. The van der Waals surface area contributed by atoms with Gasteiger partial charge >= 0.3 is 0 Å². The van der Waals surface area contributed by atoms with Crippen LogP contribution in [0.25, 0.3) is 0 Å². The van der Waals surface area contributed by atoms with E-state index in [0.717, 1.165) is 0 Å². The molecule has 0 bridgehead atoms. The lowest BCUT2D eigenvalue weighted by atomic mass is 10.2. The number of phenolic OH excluding ortho intramolecular Hbond substituents is 2. The molecule has 1 amide bonds. The van der Waals surface area contributed by atoms with Gasteiger partial charge in [0.15, 0.2) is 11.5 Å². The lowest BCUT2D eigenvalue weighted by Crippen LogP contribution is -2.17. The van der Waals surface area contributed by atoms with E-state index in [2.05, 4.69) is 10.5 Å². The summed E-state index contributed by atoms with van der Waals surface area (Å²) in [7, 11) is 0. The first-order valence-electron chi connectivity index (χ1n) is 5.90. The topological polar surface area (TPSA) is 95.1 Å². The first kappa shape index (κ1) is 13.7. The quantitative estimate of drug-likeness (QED) is 0.453. The van der Waals surface area contributed by atoms with Crippen molar-refractivity contribution in [3.8, 4) is 11.5 Å². The number of nitrogens with one attached hydrogen (secondary N) is 1. The minimum absolute atomic E-state index is 0.212. The summed E-state index contributed by atoms with van der Waals surface area (Å²) >= 11 is 0. The third-order valence-electron chi connectivity index (χ3n) is 2.66. The summed E-state index contributed by atoms with van der Waals surface area (Å²) in [6.45, 7) is 3.45. The Morgan fingerprint density at radius 2 is 2.00 bits per heavy atom. The smallest absolute Gasteiger partial charge is 0.274 e. The van der Waals surface area contributed by atoms with Gasteiger partial charge in [0.05, 0.1) is 11.8 Å². The second kappa shape index (κ2) is 5.48. The van der Waals surface area contributed by atoms with Crippen LogP contribution in [0.1, 0.15) is 27.4 Å². The van der Waals surface area contributed by atoms with Gasteiger partial charge in [-0.1, -0.05) is 0 Å². The molecular formula is C14H14N2O4. The maximum Gasteiger partial charge on any atom is 0.274 e. The Labute approximate surface area is 115 Å². The molecule has 0 fully saturated rings. The molecule has 104 valence electrons. The maximum atomic E-state index is 11.8. The monoisotopic (exact) mass is 274 g/mol. The van der Waals surface area contributed by atoms with Crippen molar-refractivity contribution in [1.82, 2.24) is 5.43 Å². The summed E-state index contributed by atoms with van der Waals surface area (Å²) in [5, 5.41) is 22.3. The van der Waals surface area contributed by atoms with Crippen LogP contribution in [0.2, 0.25) is 0 Å². The zero-order valence-corrected chi connectivity index (χ0v) is 11.0. The van der Waals surface area contributed by atoms with E-state index in [9.17, 15) is 9.90 Å². The molecule has 0 saturated carbocycles. The van der Waals surface area contributed by atoms with Gasteiger partial charge < -0.3 is 14.6 Å². The number of hydrogen-bond acceptors (Lipinski definition) is 5. The second-order valence-electron chi connectivity index (χ2n) is 4.27. The Morgan fingerprint density at radius 3 is 2.60 bits per heavy atom. The summed E-state index contributed by atoms with van der Waals surface area (Å²) in [4.78, 5) is 11.8. The highest BCUT2D eigenvalue weighted by atomic mass is 16.3. The van der Waals surface area contributed by atoms with Crippen molar-refractivity contribution in [3.05, 3.63) is 46.9 Å². The van der Waals surface area contributed by atoms with Crippen LogP contribution in [0, 0.1) is 13.8 Å². The van der Waals surface area contributed by atoms with E-state index < -0.39 is 0 Å². The fourth-order valence-corrected chi connectivity index (χ4v) is 1.70. The Morgan fingerprint density at radius 1 is 1.25 bits per heavy atom. The van der Waals surface area contributed by atoms with Crippen LogP contribution in [-0.2, 0) is 0 Å². The highest BCUT2D eigenvalue weighted by molar-refractivity contribution is 5.95. The molecule has 0 aliphatic carbocycles. The second-order valence-corrected chi connectivity index (χ2v) is 4.27. The standard InChI is InChI=1S/C14H14N2O4/c1-8-5-11(9(2)20-8)14(19)16-15-7-10-3-4-12(17)13(18)6-10/h3-7,17-18H,1-2H3,(H,16,19)/b15-7+. The molecule has 0 saturated heterocycles. The molecule has 0 spiro atoms. The van der Waals surface area contributed by atoms with Crippen molar-refractivity contribution in [2.24, 2.45) is 5.10 Å². The maximum absolute atomic E-state index is 11.8. The number of aromatic hydroxyl groups is 2. The first-order valence-corrected chi connectivity index (χ1v) is 5.90. The Hall–Kier alpha value is -2.76. The predicted molar refractivity (Wildman–Crippen MR) is 73.0 cm³/mol. The van der Waals surface area contributed by atoms with E-state index >= 15 is 0 Å². The number of amides is 1. The van der Waals surface area contributed by atoms with Crippen LogP contribution in [0.3, 0.4) is 0 Å². The number of nitrogens with zero attached hydrogens (tertiary/aromatic N) is 1. The van der Waals surface area contributed by atoms with Gasteiger partial charge in [-0.2, -0.15) is 5.10 Å². The molecule has 0 atom stereocenters. The number of hydrazone groups is 1. The molecular weight excluding hydrogens is 260 g/mol. The minimum Gasteiger partial charge on any atom is -0.504 e. The van der Waals surface area contributed by atoms with Crippen LogP contribution in [0.4, 0.5) is 0 Å². The van der Waals surface area contributed by atoms with E-state index in [0.29, 0.717) is 22.6 Å². The van der Waals surface area contributed by atoms with Crippen molar-refractivity contribution in [2.75, 3.05) is 0 Å². The van der Waals surface area contributed by atoms with Crippen LogP contribution < -0.4 is 5.43 Å². The summed E-state index contributed by atoms with van der Waals surface area (Å²) < 4.78 is 5.26. The molecule has 0 aliphatic rings. The highest BCUT2D eigenvalue weighted by Crippen LogP contribution is 2.23. The third-order valence-corrected chi connectivity index (χ3v) is 2.66. The zero-order chi connectivity index (χ0) is 14.7. The summed E-state index contributed by atoms with van der Waals surface area (Å²) in [6, 6.07) is 5.85. The van der Waals surface area contributed by atoms with Gasteiger partial charge in [-0.15, -0.1) is 0 Å². The van der Waals surface area contributed by atoms with E-state index in [4.69, 9.17) is 9.52 Å². The minimum atomic E-state index is -0.376. The van der Waals surface area contributed by atoms with E-state index in [1.807, 2.05) is 0 Å².